The average Bonchev–Trinajstić information content (AvgIpc) is 3.03. The molecule has 0 radical (unpaired) electrons. The van der Waals surface area contributed by atoms with E-state index in [1.807, 2.05) is 0 Å². The van der Waals surface area contributed by atoms with Crippen LogP contribution in [0.3, 0.4) is 0 Å². The largest absolute Gasteiger partial charge is 0.347 e. The normalized spacial score (nSPS) is 17.1. The molecule has 0 saturated carbocycles. The topological polar surface area (TPSA) is 75.2 Å². The van der Waals surface area contributed by atoms with E-state index in [4.69, 9.17) is 0 Å². The molecule has 0 spiro atoms. The molecule has 2 aromatic rings. The Morgan fingerprint density at radius 2 is 2.13 bits per heavy atom. The van der Waals surface area contributed by atoms with E-state index in [0.717, 1.165) is 6.20 Å². The van der Waals surface area contributed by atoms with Crippen LogP contribution in [-0.2, 0) is 0 Å². The Bertz CT molecular complexity index is 723. The molecule has 2 amide bonds. The van der Waals surface area contributed by atoms with Crippen LogP contribution in [0.5, 0.6) is 0 Å². The lowest BCUT2D eigenvalue weighted by Crippen LogP contribution is -2.39. The van der Waals surface area contributed by atoms with E-state index in [-0.39, 0.29) is 17.5 Å². The molecule has 3 rings (SSSR count). The Balaban J connectivity index is 1.61. The zero-order valence-electron chi connectivity index (χ0n) is 12.3. The van der Waals surface area contributed by atoms with Gasteiger partial charge in [-0.1, -0.05) is 6.07 Å². The smallest absolute Gasteiger partial charge is 0.272 e. The lowest BCUT2D eigenvalue weighted by atomic mass is 10.2. The molecule has 7 heteroatoms. The predicted octanol–water partition coefficient (Wildman–Crippen LogP) is 1.26. The first-order valence-corrected chi connectivity index (χ1v) is 7.26. The fourth-order valence-electron chi connectivity index (χ4n) is 2.54. The summed E-state index contributed by atoms with van der Waals surface area (Å²) in [7, 11) is 0. The van der Waals surface area contributed by atoms with Crippen LogP contribution in [0.25, 0.3) is 0 Å². The van der Waals surface area contributed by atoms with Gasteiger partial charge in [-0.2, -0.15) is 0 Å². The monoisotopic (exact) mass is 314 g/mol. The third-order valence-corrected chi connectivity index (χ3v) is 3.71. The van der Waals surface area contributed by atoms with Crippen molar-refractivity contribution in [3.8, 4) is 0 Å². The molecule has 3 heterocycles. The minimum Gasteiger partial charge on any atom is -0.347 e. The van der Waals surface area contributed by atoms with Crippen LogP contribution in [0.1, 0.15) is 27.3 Å². The van der Waals surface area contributed by atoms with Gasteiger partial charge < -0.3 is 10.2 Å². The number of carbonyl (C=O) groups excluding carboxylic acids is 2. The van der Waals surface area contributed by atoms with Crippen LogP contribution in [0.15, 0.2) is 42.9 Å². The third kappa shape index (κ3) is 3.33. The fourth-order valence-corrected chi connectivity index (χ4v) is 2.54. The van der Waals surface area contributed by atoms with E-state index in [1.54, 1.807) is 29.3 Å². The quantitative estimate of drug-likeness (QED) is 0.925. The molecule has 1 fully saturated rings. The van der Waals surface area contributed by atoms with Crippen LogP contribution >= 0.6 is 0 Å². The van der Waals surface area contributed by atoms with Crippen molar-refractivity contribution in [2.24, 2.45) is 0 Å². The van der Waals surface area contributed by atoms with Crippen molar-refractivity contribution in [2.45, 2.75) is 12.5 Å². The Labute approximate surface area is 132 Å². The second-order valence-electron chi connectivity index (χ2n) is 5.28. The Kier molecular flexibility index (Phi) is 4.27. The summed E-state index contributed by atoms with van der Waals surface area (Å²) in [5.74, 6) is -1.33. The summed E-state index contributed by atoms with van der Waals surface area (Å²) in [6.45, 7) is 0.910. The van der Waals surface area contributed by atoms with E-state index >= 15 is 0 Å². The summed E-state index contributed by atoms with van der Waals surface area (Å²) < 4.78 is 13.5. The first-order valence-electron chi connectivity index (χ1n) is 7.26. The molecule has 2 aromatic heterocycles. The van der Waals surface area contributed by atoms with Gasteiger partial charge in [-0.15, -0.1) is 0 Å². The molecule has 0 aromatic carbocycles. The van der Waals surface area contributed by atoms with E-state index in [2.05, 4.69) is 15.3 Å². The van der Waals surface area contributed by atoms with Crippen molar-refractivity contribution in [3.63, 3.8) is 0 Å². The fraction of sp³-hybridized carbons (Fsp3) is 0.250. The number of aromatic nitrogens is 2. The van der Waals surface area contributed by atoms with E-state index in [0.29, 0.717) is 25.2 Å². The molecular weight excluding hydrogens is 299 g/mol. The van der Waals surface area contributed by atoms with Crippen molar-refractivity contribution in [2.75, 3.05) is 13.1 Å². The second-order valence-corrected chi connectivity index (χ2v) is 5.28. The summed E-state index contributed by atoms with van der Waals surface area (Å²) in [5, 5.41) is 2.75. The van der Waals surface area contributed by atoms with Crippen molar-refractivity contribution in [1.82, 2.24) is 20.2 Å². The number of nitrogens with zero attached hydrogens (tertiary/aromatic N) is 3. The van der Waals surface area contributed by atoms with Gasteiger partial charge in [-0.25, -0.2) is 4.39 Å². The zero-order valence-corrected chi connectivity index (χ0v) is 12.3. The van der Waals surface area contributed by atoms with E-state index in [1.165, 1.54) is 12.3 Å². The number of carbonyl (C=O) groups is 2. The minimum absolute atomic E-state index is 0.0468. The van der Waals surface area contributed by atoms with Crippen molar-refractivity contribution in [1.29, 1.82) is 0 Å². The number of hydrogen-bond acceptors (Lipinski definition) is 4. The molecule has 0 unspecified atom stereocenters. The predicted molar refractivity (Wildman–Crippen MR) is 80.2 cm³/mol. The molecule has 0 bridgehead atoms. The maximum absolute atomic E-state index is 13.5. The molecule has 1 aliphatic heterocycles. The van der Waals surface area contributed by atoms with Crippen molar-refractivity contribution in [3.05, 3.63) is 59.9 Å². The van der Waals surface area contributed by atoms with E-state index in [9.17, 15) is 14.0 Å². The maximum Gasteiger partial charge on any atom is 0.272 e. The van der Waals surface area contributed by atoms with Crippen LogP contribution in [0.2, 0.25) is 0 Å². The molecule has 0 aliphatic carbocycles. The molecule has 1 atom stereocenters. The standard InChI is InChI=1S/C16H15FN4O2/c17-13-9-18-7-4-12(13)15(22)20-11-5-8-21(10-11)16(23)14-3-1-2-6-19-14/h1-4,6-7,9,11H,5,8,10H2,(H,20,22)/t11-/m0/s1. The van der Waals surface area contributed by atoms with Gasteiger partial charge in [0.05, 0.1) is 11.8 Å². The second kappa shape index (κ2) is 6.51. The first kappa shape index (κ1) is 15.1. The number of amides is 2. The van der Waals surface area contributed by atoms with Crippen LogP contribution in [-0.4, -0.2) is 45.8 Å². The average molecular weight is 314 g/mol. The minimum atomic E-state index is -0.663. The zero-order chi connectivity index (χ0) is 16.2. The molecule has 1 aliphatic rings. The SMILES string of the molecule is O=C(N[C@H]1CCN(C(=O)c2ccccn2)C1)c1ccncc1F. The van der Waals surface area contributed by atoms with Crippen LogP contribution < -0.4 is 5.32 Å². The first-order chi connectivity index (χ1) is 11.1. The lowest BCUT2D eigenvalue weighted by Gasteiger charge is -2.16. The number of likely N-dealkylation sites (tertiary alicyclic amines) is 1. The van der Waals surface area contributed by atoms with Crippen molar-refractivity contribution >= 4 is 11.8 Å². The Hall–Kier alpha value is -2.83. The van der Waals surface area contributed by atoms with Crippen molar-refractivity contribution < 1.29 is 14.0 Å². The number of halogens is 1. The van der Waals surface area contributed by atoms with Gasteiger partial charge in [0, 0.05) is 31.5 Å². The number of pyridine rings is 2. The van der Waals surface area contributed by atoms with Gasteiger partial charge in [0.1, 0.15) is 5.69 Å². The highest BCUT2D eigenvalue weighted by Crippen LogP contribution is 2.14. The number of nitrogens with one attached hydrogen (secondary N) is 1. The molecule has 6 nitrogen and oxygen atoms in total. The summed E-state index contributed by atoms with van der Waals surface area (Å²) in [5.41, 5.74) is 0.328. The highest BCUT2D eigenvalue weighted by Gasteiger charge is 2.29. The van der Waals surface area contributed by atoms with Gasteiger partial charge in [0.2, 0.25) is 0 Å². The van der Waals surface area contributed by atoms with Gasteiger partial charge in [0.15, 0.2) is 5.82 Å². The molecule has 1 saturated heterocycles. The molecular formula is C16H15FN4O2. The number of hydrogen-bond donors (Lipinski definition) is 1. The van der Waals surface area contributed by atoms with Crippen LogP contribution in [0.4, 0.5) is 4.39 Å². The molecule has 1 N–H and O–H groups in total. The van der Waals surface area contributed by atoms with Crippen LogP contribution in [0, 0.1) is 5.82 Å². The third-order valence-electron chi connectivity index (χ3n) is 3.71. The summed E-state index contributed by atoms with van der Waals surface area (Å²) >= 11 is 0. The maximum atomic E-state index is 13.5. The number of rotatable bonds is 3. The van der Waals surface area contributed by atoms with Gasteiger partial charge in [-0.05, 0) is 24.6 Å². The molecule has 118 valence electrons. The van der Waals surface area contributed by atoms with Gasteiger partial charge in [0.25, 0.3) is 11.8 Å². The summed E-state index contributed by atoms with van der Waals surface area (Å²) in [4.78, 5) is 33.6. The highest BCUT2D eigenvalue weighted by molar-refractivity contribution is 5.95. The highest BCUT2D eigenvalue weighted by atomic mass is 19.1. The van der Waals surface area contributed by atoms with E-state index < -0.39 is 11.7 Å². The lowest BCUT2D eigenvalue weighted by molar-refractivity contribution is 0.0777. The summed E-state index contributed by atoms with van der Waals surface area (Å²) in [6, 6.07) is 6.27. The Morgan fingerprint density at radius 1 is 1.26 bits per heavy atom. The summed E-state index contributed by atoms with van der Waals surface area (Å²) in [6.07, 6.45) is 4.55. The van der Waals surface area contributed by atoms with Gasteiger partial charge in [-0.3, -0.25) is 19.6 Å². The van der Waals surface area contributed by atoms with Gasteiger partial charge >= 0.3 is 0 Å². The molecule has 23 heavy (non-hydrogen) atoms. The Morgan fingerprint density at radius 3 is 2.87 bits per heavy atom.